The Hall–Kier alpha value is -1.14. The minimum atomic E-state index is 0.0302. The van der Waals surface area contributed by atoms with E-state index in [2.05, 4.69) is 15.0 Å². The molecule has 0 aliphatic carbocycles. The second-order valence-electron chi connectivity index (χ2n) is 1.98. The van der Waals surface area contributed by atoms with E-state index in [1.807, 2.05) is 0 Å². The van der Waals surface area contributed by atoms with Gasteiger partial charge in [-0.1, -0.05) is 0 Å². The molecule has 66 valence electrons. The molecule has 0 saturated carbocycles. The number of hydrogen-bond acceptors (Lipinski definition) is 6. The Morgan fingerprint density at radius 1 is 1.42 bits per heavy atom. The first-order valence-electron chi connectivity index (χ1n) is 3.22. The molecule has 0 fully saturated rings. The van der Waals surface area contributed by atoms with Crippen molar-refractivity contribution in [2.75, 3.05) is 17.1 Å². The van der Waals surface area contributed by atoms with Crippen molar-refractivity contribution in [2.45, 2.75) is 6.42 Å². The first-order chi connectivity index (χ1) is 5.76. The van der Waals surface area contributed by atoms with E-state index in [1.54, 1.807) is 5.48 Å². The highest BCUT2D eigenvalue weighted by Crippen LogP contribution is 2.02. The average Bonchev–Trinajstić information content (AvgIpc) is 2.04. The van der Waals surface area contributed by atoms with E-state index >= 15 is 0 Å². The van der Waals surface area contributed by atoms with E-state index in [4.69, 9.17) is 22.5 Å². The number of nitrogens with zero attached hydrogens (tertiary/aromatic N) is 3. The SMILES string of the molecule is Nc1nc(CCCl)nc(NO)n1. The summed E-state index contributed by atoms with van der Waals surface area (Å²) in [6.07, 6.45) is 0.489. The van der Waals surface area contributed by atoms with Gasteiger partial charge in [0.05, 0.1) is 0 Å². The fourth-order valence-corrected chi connectivity index (χ4v) is 0.853. The number of aromatic nitrogens is 3. The lowest BCUT2D eigenvalue weighted by molar-refractivity contribution is 0.382. The summed E-state index contributed by atoms with van der Waals surface area (Å²) in [6.45, 7) is 0. The standard InChI is InChI=1S/C5H8ClN5O/c6-2-1-3-8-4(7)10-5(9-3)11-12/h12H,1-2H2,(H3,7,8,9,10,11). The number of nitrogens with one attached hydrogen (secondary N) is 1. The molecule has 1 heterocycles. The quantitative estimate of drug-likeness (QED) is 0.459. The van der Waals surface area contributed by atoms with Crippen LogP contribution in [0, 0.1) is 0 Å². The number of nitrogen functional groups attached to an aromatic ring is 1. The van der Waals surface area contributed by atoms with Gasteiger partial charge in [-0.05, 0) is 0 Å². The zero-order valence-electron chi connectivity index (χ0n) is 6.16. The Labute approximate surface area is 73.8 Å². The van der Waals surface area contributed by atoms with Crippen molar-refractivity contribution in [1.29, 1.82) is 0 Å². The number of hydrogen-bond donors (Lipinski definition) is 3. The summed E-state index contributed by atoms with van der Waals surface area (Å²) in [5.41, 5.74) is 7.09. The van der Waals surface area contributed by atoms with Crippen molar-refractivity contribution in [3.8, 4) is 0 Å². The Morgan fingerprint density at radius 2 is 2.17 bits per heavy atom. The molecule has 0 aliphatic heterocycles. The van der Waals surface area contributed by atoms with Gasteiger partial charge in [0, 0.05) is 12.3 Å². The monoisotopic (exact) mass is 189 g/mol. The highest BCUT2D eigenvalue weighted by atomic mass is 35.5. The fraction of sp³-hybridized carbons (Fsp3) is 0.400. The molecule has 0 unspecified atom stereocenters. The van der Waals surface area contributed by atoms with Gasteiger partial charge < -0.3 is 5.73 Å². The lowest BCUT2D eigenvalue weighted by Gasteiger charge is -2.00. The van der Waals surface area contributed by atoms with Gasteiger partial charge in [-0.15, -0.1) is 11.6 Å². The van der Waals surface area contributed by atoms with Crippen LogP contribution in [0.15, 0.2) is 0 Å². The topological polar surface area (TPSA) is 97.0 Å². The molecule has 0 amide bonds. The Balaban J connectivity index is 2.90. The maximum Gasteiger partial charge on any atom is 0.251 e. The molecular formula is C5H8ClN5O. The zero-order valence-corrected chi connectivity index (χ0v) is 6.91. The van der Waals surface area contributed by atoms with Gasteiger partial charge >= 0.3 is 0 Å². The molecule has 1 aromatic heterocycles. The Morgan fingerprint density at radius 3 is 2.75 bits per heavy atom. The summed E-state index contributed by atoms with van der Waals surface area (Å²) in [5.74, 6) is 0.937. The molecule has 6 nitrogen and oxygen atoms in total. The largest absolute Gasteiger partial charge is 0.368 e. The number of nitrogens with two attached hydrogens (primary N) is 1. The smallest absolute Gasteiger partial charge is 0.251 e. The molecule has 0 aliphatic rings. The van der Waals surface area contributed by atoms with Crippen LogP contribution in [0.2, 0.25) is 0 Å². The molecular weight excluding hydrogens is 182 g/mol. The van der Waals surface area contributed by atoms with Gasteiger partial charge in [-0.25, -0.2) is 5.48 Å². The number of anilines is 2. The van der Waals surface area contributed by atoms with Crippen LogP contribution in [-0.4, -0.2) is 26.0 Å². The maximum atomic E-state index is 8.46. The second-order valence-corrected chi connectivity index (χ2v) is 2.36. The van der Waals surface area contributed by atoms with Crippen LogP contribution in [0.1, 0.15) is 5.82 Å². The summed E-state index contributed by atoms with van der Waals surface area (Å²) in [6, 6.07) is 0. The van der Waals surface area contributed by atoms with Crippen molar-refractivity contribution >= 4 is 23.5 Å². The van der Waals surface area contributed by atoms with Gasteiger partial charge in [-0.3, -0.25) is 5.21 Å². The van der Waals surface area contributed by atoms with E-state index in [0.717, 1.165) is 0 Å². The lowest BCUT2D eigenvalue weighted by atomic mass is 10.4. The van der Waals surface area contributed by atoms with Crippen LogP contribution in [-0.2, 0) is 6.42 Å². The first-order valence-corrected chi connectivity index (χ1v) is 3.76. The van der Waals surface area contributed by atoms with Gasteiger partial charge in [-0.2, -0.15) is 15.0 Å². The van der Waals surface area contributed by atoms with Crippen LogP contribution in [0.3, 0.4) is 0 Å². The summed E-state index contributed by atoms with van der Waals surface area (Å²) in [7, 11) is 0. The average molecular weight is 190 g/mol. The van der Waals surface area contributed by atoms with Gasteiger partial charge in [0.25, 0.3) is 5.95 Å². The van der Waals surface area contributed by atoms with Gasteiger partial charge in [0.1, 0.15) is 5.82 Å². The highest BCUT2D eigenvalue weighted by molar-refractivity contribution is 6.17. The van der Waals surface area contributed by atoms with E-state index in [9.17, 15) is 0 Å². The molecule has 0 radical (unpaired) electrons. The number of aryl methyl sites for hydroxylation is 1. The number of rotatable bonds is 3. The normalized spacial score (nSPS) is 9.83. The Kier molecular flexibility index (Phi) is 3.01. The van der Waals surface area contributed by atoms with E-state index < -0.39 is 0 Å². The number of halogens is 1. The predicted octanol–water partition coefficient (Wildman–Crippen LogP) is 0.0362. The van der Waals surface area contributed by atoms with Crippen LogP contribution in [0.4, 0.5) is 11.9 Å². The summed E-state index contributed by atoms with van der Waals surface area (Å²) in [4.78, 5) is 11.2. The van der Waals surface area contributed by atoms with E-state index in [-0.39, 0.29) is 11.9 Å². The Bertz CT molecular complexity index is 268. The van der Waals surface area contributed by atoms with Crippen molar-refractivity contribution in [3.05, 3.63) is 5.82 Å². The first kappa shape index (κ1) is 8.95. The van der Waals surface area contributed by atoms with Crippen molar-refractivity contribution in [3.63, 3.8) is 0 Å². The molecule has 0 aromatic carbocycles. The van der Waals surface area contributed by atoms with Crippen molar-refractivity contribution < 1.29 is 5.21 Å². The molecule has 1 aromatic rings. The van der Waals surface area contributed by atoms with Crippen LogP contribution in [0.5, 0.6) is 0 Å². The molecule has 0 spiro atoms. The third kappa shape index (κ3) is 2.18. The molecule has 7 heteroatoms. The molecule has 0 bridgehead atoms. The third-order valence-electron chi connectivity index (χ3n) is 1.12. The summed E-state index contributed by atoms with van der Waals surface area (Å²) < 4.78 is 0. The molecule has 0 atom stereocenters. The summed E-state index contributed by atoms with van der Waals surface area (Å²) >= 11 is 5.46. The van der Waals surface area contributed by atoms with Crippen molar-refractivity contribution in [1.82, 2.24) is 15.0 Å². The number of alkyl halides is 1. The molecule has 0 saturated heterocycles. The predicted molar refractivity (Wildman–Crippen MR) is 44.1 cm³/mol. The minimum Gasteiger partial charge on any atom is -0.368 e. The van der Waals surface area contributed by atoms with Gasteiger partial charge in [0.15, 0.2) is 0 Å². The maximum absolute atomic E-state index is 8.46. The second kappa shape index (κ2) is 4.03. The van der Waals surface area contributed by atoms with Crippen LogP contribution < -0.4 is 11.2 Å². The summed E-state index contributed by atoms with van der Waals surface area (Å²) in [5, 5.41) is 8.46. The van der Waals surface area contributed by atoms with E-state index in [0.29, 0.717) is 18.1 Å². The van der Waals surface area contributed by atoms with Crippen LogP contribution in [0.25, 0.3) is 0 Å². The molecule has 1 rings (SSSR count). The van der Waals surface area contributed by atoms with E-state index in [1.165, 1.54) is 0 Å². The molecule has 12 heavy (non-hydrogen) atoms. The molecule has 4 N–H and O–H groups in total. The highest BCUT2D eigenvalue weighted by Gasteiger charge is 2.01. The minimum absolute atomic E-state index is 0.0302. The van der Waals surface area contributed by atoms with Crippen molar-refractivity contribution in [2.24, 2.45) is 0 Å². The van der Waals surface area contributed by atoms with Crippen LogP contribution >= 0.6 is 11.6 Å². The zero-order chi connectivity index (χ0) is 8.97. The third-order valence-corrected chi connectivity index (χ3v) is 1.31. The fourth-order valence-electron chi connectivity index (χ4n) is 0.684. The van der Waals surface area contributed by atoms with Gasteiger partial charge in [0.2, 0.25) is 5.95 Å². The lowest BCUT2D eigenvalue weighted by Crippen LogP contribution is -2.07.